The Labute approximate surface area is 203 Å². The van der Waals surface area contributed by atoms with E-state index in [4.69, 9.17) is 16.3 Å². The van der Waals surface area contributed by atoms with Gasteiger partial charge in [0.25, 0.3) is 0 Å². The maximum Gasteiger partial charge on any atom is 0.235 e. The molecule has 2 aromatic rings. The predicted molar refractivity (Wildman–Crippen MR) is 136 cm³/mol. The van der Waals surface area contributed by atoms with Crippen molar-refractivity contribution in [1.82, 2.24) is 4.90 Å². The van der Waals surface area contributed by atoms with Crippen molar-refractivity contribution in [3.63, 3.8) is 0 Å². The summed E-state index contributed by atoms with van der Waals surface area (Å²) < 4.78 is 5.95. The third-order valence-corrected chi connectivity index (χ3v) is 7.53. The van der Waals surface area contributed by atoms with Crippen molar-refractivity contribution in [3.05, 3.63) is 59.1 Å². The summed E-state index contributed by atoms with van der Waals surface area (Å²) >= 11 is 6.10. The molecule has 0 aromatic heterocycles. The van der Waals surface area contributed by atoms with Gasteiger partial charge in [0.15, 0.2) is 0 Å². The Kier molecular flexibility index (Phi) is 8.32. The van der Waals surface area contributed by atoms with Gasteiger partial charge in [0, 0.05) is 23.8 Å². The molecule has 1 aliphatic carbocycles. The van der Waals surface area contributed by atoms with Crippen LogP contribution < -0.4 is 10.1 Å². The monoisotopic (exact) mass is 468 g/mol. The molecule has 1 N–H and O–H groups in total. The third-order valence-electron chi connectivity index (χ3n) is 7.28. The van der Waals surface area contributed by atoms with Crippen molar-refractivity contribution >= 4 is 23.2 Å². The average molecular weight is 469 g/mol. The Morgan fingerprint density at radius 2 is 1.79 bits per heavy atom. The second-order valence-electron chi connectivity index (χ2n) is 9.88. The van der Waals surface area contributed by atoms with Crippen LogP contribution in [0, 0.1) is 5.92 Å². The van der Waals surface area contributed by atoms with E-state index in [1.807, 2.05) is 48.5 Å². The lowest BCUT2D eigenvalue weighted by Crippen LogP contribution is -2.42. The van der Waals surface area contributed by atoms with Gasteiger partial charge >= 0.3 is 0 Å². The molecule has 2 aliphatic rings. The molecule has 4 rings (SSSR count). The summed E-state index contributed by atoms with van der Waals surface area (Å²) in [5.74, 6) is 1.74. The van der Waals surface area contributed by atoms with E-state index in [2.05, 4.69) is 17.1 Å². The van der Waals surface area contributed by atoms with E-state index < -0.39 is 5.41 Å². The molecule has 1 saturated carbocycles. The van der Waals surface area contributed by atoms with Gasteiger partial charge in [-0.25, -0.2) is 0 Å². The molecule has 178 valence electrons. The van der Waals surface area contributed by atoms with Crippen LogP contribution in [0.4, 0.5) is 5.69 Å². The quantitative estimate of drug-likeness (QED) is 0.439. The number of amides is 1. The van der Waals surface area contributed by atoms with Crippen LogP contribution in [0.25, 0.3) is 0 Å². The number of carbonyl (C=O) groups is 1. The van der Waals surface area contributed by atoms with Crippen molar-refractivity contribution in [2.75, 3.05) is 31.6 Å². The first-order chi connectivity index (χ1) is 16.0. The normalized spacial score (nSPS) is 20.8. The first-order valence-corrected chi connectivity index (χ1v) is 13.0. The van der Waals surface area contributed by atoms with Gasteiger partial charge in [-0.1, -0.05) is 49.9 Å². The molecule has 1 amide bonds. The topological polar surface area (TPSA) is 41.6 Å². The smallest absolute Gasteiger partial charge is 0.235 e. The van der Waals surface area contributed by atoms with E-state index in [1.165, 1.54) is 32.4 Å². The fraction of sp³-hybridized carbons (Fsp3) is 0.536. The average Bonchev–Trinajstić information content (AvgIpc) is 2.84. The maximum absolute atomic E-state index is 13.5. The number of nitrogens with one attached hydrogen (secondary N) is 1. The minimum atomic E-state index is -0.482. The SMILES string of the molecule is C[C@@H]1CCCN(CCCOc2ccc(NC(=O)C3(c4ccc(Cl)cc4)CCCCC3)cc2)C1. The summed E-state index contributed by atoms with van der Waals surface area (Å²) in [5.41, 5.74) is 1.39. The van der Waals surface area contributed by atoms with Crippen LogP contribution in [-0.2, 0) is 10.2 Å². The maximum atomic E-state index is 13.5. The number of rotatable bonds is 8. The molecule has 0 spiro atoms. The molecule has 1 aliphatic heterocycles. The molecule has 0 bridgehead atoms. The van der Waals surface area contributed by atoms with Crippen molar-refractivity contribution < 1.29 is 9.53 Å². The molecule has 1 atom stereocenters. The second-order valence-corrected chi connectivity index (χ2v) is 10.3. The molecule has 4 nitrogen and oxygen atoms in total. The lowest BCUT2D eigenvalue weighted by molar-refractivity contribution is -0.122. The predicted octanol–water partition coefficient (Wildman–Crippen LogP) is 6.68. The van der Waals surface area contributed by atoms with E-state index in [0.717, 1.165) is 68.2 Å². The lowest BCUT2D eigenvalue weighted by Gasteiger charge is -2.36. The van der Waals surface area contributed by atoms with Crippen LogP contribution in [0.5, 0.6) is 5.75 Å². The number of benzene rings is 2. The summed E-state index contributed by atoms with van der Waals surface area (Å²) in [5, 5.41) is 3.87. The zero-order chi connectivity index (χ0) is 23.1. The zero-order valence-electron chi connectivity index (χ0n) is 19.8. The first kappa shape index (κ1) is 24.1. The van der Waals surface area contributed by atoms with Crippen molar-refractivity contribution in [1.29, 1.82) is 0 Å². The zero-order valence-corrected chi connectivity index (χ0v) is 20.6. The van der Waals surface area contributed by atoms with E-state index in [0.29, 0.717) is 5.02 Å². The number of carbonyl (C=O) groups excluding carboxylic acids is 1. The summed E-state index contributed by atoms with van der Waals surface area (Å²) in [6, 6.07) is 15.6. The van der Waals surface area contributed by atoms with Gasteiger partial charge in [-0.05, 0) is 86.5 Å². The minimum absolute atomic E-state index is 0.0777. The number of anilines is 1. The molecule has 0 radical (unpaired) electrons. The van der Waals surface area contributed by atoms with Crippen LogP contribution in [0.3, 0.4) is 0 Å². The minimum Gasteiger partial charge on any atom is -0.494 e. The van der Waals surface area contributed by atoms with Crippen molar-refractivity contribution in [3.8, 4) is 5.75 Å². The van der Waals surface area contributed by atoms with Crippen LogP contribution in [0.15, 0.2) is 48.5 Å². The standard InChI is InChI=1S/C28H37ClN2O2/c1-22-7-5-18-31(21-22)19-6-20-33-26-14-12-25(13-15-26)30-27(32)28(16-3-2-4-17-28)23-8-10-24(29)11-9-23/h8-15,22H,2-7,16-21H2,1H3,(H,30,32)/t22-/m1/s1. The van der Waals surface area contributed by atoms with Crippen molar-refractivity contribution in [2.24, 2.45) is 5.92 Å². The number of likely N-dealkylation sites (tertiary alicyclic amines) is 1. The van der Waals surface area contributed by atoms with Gasteiger partial charge in [0.1, 0.15) is 5.75 Å². The van der Waals surface area contributed by atoms with Crippen LogP contribution in [0.1, 0.15) is 63.9 Å². The highest BCUT2D eigenvalue weighted by Gasteiger charge is 2.41. The van der Waals surface area contributed by atoms with Gasteiger partial charge in [-0.15, -0.1) is 0 Å². The van der Waals surface area contributed by atoms with Gasteiger partial charge in [-0.3, -0.25) is 4.79 Å². The largest absolute Gasteiger partial charge is 0.494 e. The molecule has 2 aromatic carbocycles. The highest BCUT2D eigenvalue weighted by Crippen LogP contribution is 2.41. The van der Waals surface area contributed by atoms with Gasteiger partial charge in [-0.2, -0.15) is 0 Å². The Balaban J connectivity index is 1.31. The van der Waals surface area contributed by atoms with Gasteiger partial charge in [0.2, 0.25) is 5.91 Å². The number of halogens is 1. The number of hydrogen-bond donors (Lipinski definition) is 1. The van der Waals surface area contributed by atoms with Gasteiger partial charge in [0.05, 0.1) is 12.0 Å². The highest BCUT2D eigenvalue weighted by molar-refractivity contribution is 6.30. The molecule has 1 saturated heterocycles. The van der Waals surface area contributed by atoms with E-state index in [-0.39, 0.29) is 5.91 Å². The summed E-state index contributed by atoms with van der Waals surface area (Å²) in [4.78, 5) is 16.0. The summed E-state index contributed by atoms with van der Waals surface area (Å²) in [6.45, 7) is 6.60. The molecule has 1 heterocycles. The molecule has 0 unspecified atom stereocenters. The lowest BCUT2D eigenvalue weighted by atomic mass is 9.68. The van der Waals surface area contributed by atoms with Crippen LogP contribution in [-0.4, -0.2) is 37.0 Å². The number of hydrogen-bond acceptors (Lipinski definition) is 3. The highest BCUT2D eigenvalue weighted by atomic mass is 35.5. The second kappa shape index (κ2) is 11.4. The van der Waals surface area contributed by atoms with Crippen molar-refractivity contribution in [2.45, 2.75) is 63.7 Å². The van der Waals surface area contributed by atoms with E-state index in [1.54, 1.807) is 0 Å². The molecular weight excluding hydrogens is 432 g/mol. The Hall–Kier alpha value is -2.04. The molecular formula is C28H37ClN2O2. The van der Waals surface area contributed by atoms with E-state index >= 15 is 0 Å². The van der Waals surface area contributed by atoms with Gasteiger partial charge < -0.3 is 15.0 Å². The first-order valence-electron chi connectivity index (χ1n) is 12.6. The summed E-state index contributed by atoms with van der Waals surface area (Å²) in [6.07, 6.45) is 8.78. The summed E-state index contributed by atoms with van der Waals surface area (Å²) in [7, 11) is 0. The molecule has 33 heavy (non-hydrogen) atoms. The fourth-order valence-electron chi connectivity index (χ4n) is 5.42. The molecule has 5 heteroatoms. The van der Waals surface area contributed by atoms with Crippen LogP contribution >= 0.6 is 11.6 Å². The number of piperidine rings is 1. The molecule has 2 fully saturated rings. The Morgan fingerprint density at radius 1 is 1.06 bits per heavy atom. The third kappa shape index (κ3) is 6.30. The number of ether oxygens (including phenoxy) is 1. The fourth-order valence-corrected chi connectivity index (χ4v) is 5.55. The Bertz CT molecular complexity index is 891. The Morgan fingerprint density at radius 3 is 2.48 bits per heavy atom. The number of nitrogens with zero attached hydrogens (tertiary/aromatic N) is 1. The van der Waals surface area contributed by atoms with E-state index in [9.17, 15) is 4.79 Å². The van der Waals surface area contributed by atoms with Crippen LogP contribution in [0.2, 0.25) is 5.02 Å².